The summed E-state index contributed by atoms with van der Waals surface area (Å²) in [5.74, 6) is 0. The fourth-order valence-electron chi connectivity index (χ4n) is 1.87. The molecular weight excluding hydrogens is 351 g/mol. The number of nitrogens with two attached hydrogens (primary N) is 1. The molecule has 0 spiro atoms. The van der Waals surface area contributed by atoms with Gasteiger partial charge in [-0.25, -0.2) is 13.1 Å². The standard InChI is InChI=1S/C13H14Cl2N2O2S2/c1-7-5-9(14)10(16)6-12(7)21(18,19)17-8(2)11-3-4-13(15)20-11/h3-6,8,17H,16H2,1-2H3. The summed E-state index contributed by atoms with van der Waals surface area (Å²) < 4.78 is 28.2. The molecule has 0 radical (unpaired) electrons. The number of rotatable bonds is 4. The Morgan fingerprint density at radius 3 is 2.52 bits per heavy atom. The second-order valence-corrected chi connectivity index (χ2v) is 8.46. The average molecular weight is 365 g/mol. The highest BCUT2D eigenvalue weighted by molar-refractivity contribution is 7.89. The zero-order chi connectivity index (χ0) is 15.8. The van der Waals surface area contributed by atoms with Gasteiger partial charge in [-0.1, -0.05) is 23.2 Å². The van der Waals surface area contributed by atoms with E-state index in [0.717, 1.165) is 4.88 Å². The number of hydrogen-bond acceptors (Lipinski definition) is 4. The monoisotopic (exact) mass is 364 g/mol. The van der Waals surface area contributed by atoms with Crippen LogP contribution in [0.2, 0.25) is 9.36 Å². The summed E-state index contributed by atoms with van der Waals surface area (Å²) in [4.78, 5) is 0.960. The van der Waals surface area contributed by atoms with Crippen LogP contribution in [-0.2, 0) is 10.0 Å². The van der Waals surface area contributed by atoms with Gasteiger partial charge in [0.05, 0.1) is 26.0 Å². The predicted octanol–water partition coefficient (Wildman–Crippen LogP) is 3.99. The van der Waals surface area contributed by atoms with Crippen LogP contribution in [0.3, 0.4) is 0 Å². The Bertz CT molecular complexity index is 772. The van der Waals surface area contributed by atoms with Crippen molar-refractivity contribution >= 4 is 50.2 Å². The van der Waals surface area contributed by atoms with Gasteiger partial charge in [-0.2, -0.15) is 0 Å². The van der Waals surface area contributed by atoms with Gasteiger partial charge in [-0.05, 0) is 43.7 Å². The van der Waals surface area contributed by atoms with E-state index in [4.69, 9.17) is 28.9 Å². The van der Waals surface area contributed by atoms with Gasteiger partial charge in [0.2, 0.25) is 10.0 Å². The molecule has 8 heteroatoms. The second kappa shape index (κ2) is 6.14. The van der Waals surface area contributed by atoms with Crippen molar-refractivity contribution in [3.05, 3.63) is 44.1 Å². The minimum absolute atomic E-state index is 0.124. The lowest BCUT2D eigenvalue weighted by atomic mass is 10.2. The number of nitrogen functional groups attached to an aromatic ring is 1. The maximum atomic E-state index is 12.5. The van der Waals surface area contributed by atoms with Crippen molar-refractivity contribution < 1.29 is 8.42 Å². The molecule has 1 atom stereocenters. The Kier molecular flexibility index (Phi) is 4.85. The Hall–Kier alpha value is -0.790. The van der Waals surface area contributed by atoms with E-state index in [1.165, 1.54) is 23.5 Å². The van der Waals surface area contributed by atoms with Gasteiger partial charge in [0.15, 0.2) is 0 Å². The van der Waals surface area contributed by atoms with Gasteiger partial charge in [0.1, 0.15) is 0 Å². The predicted molar refractivity (Wildman–Crippen MR) is 88.7 cm³/mol. The van der Waals surface area contributed by atoms with Crippen LogP contribution in [0.4, 0.5) is 5.69 Å². The van der Waals surface area contributed by atoms with Crippen molar-refractivity contribution in [2.45, 2.75) is 24.8 Å². The summed E-state index contributed by atoms with van der Waals surface area (Å²) in [6.07, 6.45) is 0. The molecule has 0 aliphatic rings. The van der Waals surface area contributed by atoms with E-state index in [9.17, 15) is 8.42 Å². The van der Waals surface area contributed by atoms with Crippen LogP contribution in [0, 0.1) is 6.92 Å². The van der Waals surface area contributed by atoms with Crippen LogP contribution in [0.15, 0.2) is 29.2 Å². The molecule has 0 fully saturated rings. The number of anilines is 1. The topological polar surface area (TPSA) is 72.2 Å². The molecule has 2 aromatic rings. The fourth-order valence-corrected chi connectivity index (χ4v) is 4.71. The number of halogens is 2. The molecule has 0 saturated heterocycles. The molecule has 0 amide bonds. The van der Waals surface area contributed by atoms with E-state index in [-0.39, 0.29) is 16.6 Å². The SMILES string of the molecule is Cc1cc(Cl)c(N)cc1S(=O)(=O)NC(C)c1ccc(Cl)s1. The van der Waals surface area contributed by atoms with E-state index in [2.05, 4.69) is 4.72 Å². The fraction of sp³-hybridized carbons (Fsp3) is 0.231. The maximum absolute atomic E-state index is 12.5. The van der Waals surface area contributed by atoms with Crippen molar-refractivity contribution in [3.8, 4) is 0 Å². The molecule has 0 saturated carbocycles. The van der Waals surface area contributed by atoms with E-state index in [1.54, 1.807) is 26.0 Å². The van der Waals surface area contributed by atoms with Gasteiger partial charge < -0.3 is 5.73 Å². The number of aryl methyl sites for hydroxylation is 1. The molecule has 1 heterocycles. The smallest absolute Gasteiger partial charge is 0.241 e. The number of nitrogens with one attached hydrogen (secondary N) is 1. The second-order valence-electron chi connectivity index (χ2n) is 4.62. The van der Waals surface area contributed by atoms with Gasteiger partial charge in [0, 0.05) is 4.88 Å². The Morgan fingerprint density at radius 1 is 1.29 bits per heavy atom. The average Bonchev–Trinajstić information content (AvgIpc) is 2.80. The van der Waals surface area contributed by atoms with Crippen molar-refractivity contribution in [3.63, 3.8) is 0 Å². The van der Waals surface area contributed by atoms with Gasteiger partial charge in [-0.3, -0.25) is 0 Å². The third-order valence-electron chi connectivity index (χ3n) is 2.94. The molecule has 0 aliphatic carbocycles. The quantitative estimate of drug-likeness (QED) is 0.805. The first-order chi connectivity index (χ1) is 9.70. The Morgan fingerprint density at radius 2 is 1.95 bits per heavy atom. The Labute approximate surface area is 137 Å². The zero-order valence-electron chi connectivity index (χ0n) is 11.4. The van der Waals surface area contributed by atoms with Crippen LogP contribution >= 0.6 is 34.5 Å². The molecule has 2 rings (SSSR count). The number of thiophene rings is 1. The van der Waals surface area contributed by atoms with Crippen molar-refractivity contribution in [1.29, 1.82) is 0 Å². The minimum atomic E-state index is -3.69. The lowest BCUT2D eigenvalue weighted by Gasteiger charge is -2.15. The summed E-state index contributed by atoms with van der Waals surface area (Å²) in [6.45, 7) is 3.43. The van der Waals surface area contributed by atoms with Crippen LogP contribution in [0.25, 0.3) is 0 Å². The van der Waals surface area contributed by atoms with E-state index < -0.39 is 10.0 Å². The highest BCUT2D eigenvalue weighted by Gasteiger charge is 2.22. The highest BCUT2D eigenvalue weighted by atomic mass is 35.5. The van der Waals surface area contributed by atoms with Crippen molar-refractivity contribution in [1.82, 2.24) is 4.72 Å². The van der Waals surface area contributed by atoms with Gasteiger partial charge in [0.25, 0.3) is 0 Å². The zero-order valence-corrected chi connectivity index (χ0v) is 14.5. The lowest BCUT2D eigenvalue weighted by Crippen LogP contribution is -2.27. The van der Waals surface area contributed by atoms with Crippen molar-refractivity contribution in [2.75, 3.05) is 5.73 Å². The summed E-state index contributed by atoms with van der Waals surface area (Å²) in [7, 11) is -3.69. The molecule has 0 aliphatic heterocycles. The normalized spacial score (nSPS) is 13.3. The molecule has 1 aromatic heterocycles. The molecule has 114 valence electrons. The maximum Gasteiger partial charge on any atom is 0.241 e. The van der Waals surface area contributed by atoms with E-state index in [1.807, 2.05) is 0 Å². The van der Waals surface area contributed by atoms with Crippen LogP contribution < -0.4 is 10.5 Å². The summed E-state index contributed by atoms with van der Waals surface area (Å²) >= 11 is 13.1. The van der Waals surface area contributed by atoms with Crippen molar-refractivity contribution in [2.24, 2.45) is 0 Å². The lowest BCUT2D eigenvalue weighted by molar-refractivity contribution is 0.568. The van der Waals surface area contributed by atoms with Gasteiger partial charge in [-0.15, -0.1) is 11.3 Å². The van der Waals surface area contributed by atoms with E-state index in [0.29, 0.717) is 14.9 Å². The molecule has 1 aromatic carbocycles. The summed E-state index contributed by atoms with van der Waals surface area (Å²) in [5, 5.41) is 0.338. The molecule has 0 bridgehead atoms. The Balaban J connectivity index is 2.32. The molecule has 21 heavy (non-hydrogen) atoms. The van der Waals surface area contributed by atoms with Crippen LogP contribution in [-0.4, -0.2) is 8.42 Å². The van der Waals surface area contributed by atoms with E-state index >= 15 is 0 Å². The van der Waals surface area contributed by atoms with Gasteiger partial charge >= 0.3 is 0 Å². The summed E-state index contributed by atoms with van der Waals surface area (Å²) in [5.41, 5.74) is 6.46. The summed E-state index contributed by atoms with van der Waals surface area (Å²) in [6, 6.07) is 6.05. The first-order valence-electron chi connectivity index (χ1n) is 6.04. The number of hydrogen-bond donors (Lipinski definition) is 2. The minimum Gasteiger partial charge on any atom is -0.397 e. The third kappa shape index (κ3) is 3.70. The molecule has 1 unspecified atom stereocenters. The third-order valence-corrected chi connectivity index (χ3v) is 6.36. The first-order valence-corrected chi connectivity index (χ1v) is 9.09. The number of sulfonamides is 1. The first kappa shape index (κ1) is 16.6. The number of benzene rings is 1. The largest absolute Gasteiger partial charge is 0.397 e. The highest BCUT2D eigenvalue weighted by Crippen LogP contribution is 2.30. The molecule has 3 N–H and O–H groups in total. The molecule has 4 nitrogen and oxygen atoms in total. The van der Waals surface area contributed by atoms with Crippen LogP contribution in [0.5, 0.6) is 0 Å². The molecular formula is C13H14Cl2N2O2S2. The van der Waals surface area contributed by atoms with Crippen LogP contribution in [0.1, 0.15) is 23.4 Å².